The summed E-state index contributed by atoms with van der Waals surface area (Å²) in [4.78, 5) is 15.4. The van der Waals surface area contributed by atoms with Crippen LogP contribution in [0.15, 0.2) is 126 Å². The van der Waals surface area contributed by atoms with Crippen LogP contribution in [0.25, 0.3) is 10.4 Å². The zero-order chi connectivity index (χ0) is 41.2. The van der Waals surface area contributed by atoms with Gasteiger partial charge < -0.3 is 53.4 Å². The second-order valence-electron chi connectivity index (χ2n) is 14.2. The van der Waals surface area contributed by atoms with Crippen LogP contribution in [0, 0.1) is 0 Å². The molecule has 2 heterocycles. The van der Waals surface area contributed by atoms with Crippen molar-refractivity contribution in [2.24, 2.45) is 5.11 Å². The molecule has 0 bridgehead atoms. The maximum absolute atomic E-state index is 12.7. The Hall–Kier alpha value is -4.74. The van der Waals surface area contributed by atoms with E-state index in [1.54, 1.807) is 0 Å². The Labute approximate surface area is 343 Å². The molecule has 59 heavy (non-hydrogen) atoms. The number of benzene rings is 4. The Morgan fingerprint density at radius 1 is 0.644 bits per heavy atom. The quantitative estimate of drug-likeness (QED) is 0.0445. The van der Waals surface area contributed by atoms with E-state index in [0.717, 1.165) is 22.3 Å². The summed E-state index contributed by atoms with van der Waals surface area (Å²) < 4.78 is 50.5. The number of hydrogen-bond donors (Lipinski definition) is 3. The molecule has 0 radical (unpaired) electrons. The highest BCUT2D eigenvalue weighted by Gasteiger charge is 2.53. The molecule has 2 aliphatic heterocycles. The van der Waals surface area contributed by atoms with Gasteiger partial charge in [0.1, 0.15) is 48.8 Å². The molecule has 314 valence electrons. The Morgan fingerprint density at radius 3 is 1.63 bits per heavy atom. The fraction of sp³-hybridized carbons (Fsp3) is 0.432. The van der Waals surface area contributed by atoms with E-state index in [1.165, 1.54) is 6.92 Å². The third-order valence-corrected chi connectivity index (χ3v) is 9.84. The summed E-state index contributed by atoms with van der Waals surface area (Å²) in [5, 5.41) is 30.5. The summed E-state index contributed by atoms with van der Waals surface area (Å²) in [6.45, 7) is 2.00. The molecule has 10 atom stereocenters. The van der Waals surface area contributed by atoms with Crippen molar-refractivity contribution in [2.75, 3.05) is 26.4 Å². The van der Waals surface area contributed by atoms with Gasteiger partial charge in [0.2, 0.25) is 5.91 Å². The van der Waals surface area contributed by atoms with E-state index in [4.69, 9.17) is 43.4 Å². The molecule has 2 aliphatic rings. The maximum atomic E-state index is 12.7. The van der Waals surface area contributed by atoms with E-state index < -0.39 is 67.3 Å². The van der Waals surface area contributed by atoms with Crippen molar-refractivity contribution >= 4 is 5.91 Å². The number of azide groups is 1. The van der Waals surface area contributed by atoms with E-state index in [9.17, 15) is 15.0 Å². The van der Waals surface area contributed by atoms with Crippen molar-refractivity contribution in [3.63, 3.8) is 0 Å². The molecule has 2 fully saturated rings. The number of nitrogens with zero attached hydrogens (tertiary/aromatic N) is 3. The number of aliphatic hydroxyl groups is 2. The monoisotopic (exact) mass is 812 g/mol. The van der Waals surface area contributed by atoms with Crippen molar-refractivity contribution in [2.45, 2.75) is 94.7 Å². The molecule has 4 aromatic rings. The van der Waals surface area contributed by atoms with E-state index in [2.05, 4.69) is 15.3 Å². The largest absolute Gasteiger partial charge is 0.388 e. The predicted molar refractivity (Wildman–Crippen MR) is 214 cm³/mol. The first-order valence-corrected chi connectivity index (χ1v) is 19.7. The van der Waals surface area contributed by atoms with Crippen LogP contribution in [0.4, 0.5) is 0 Å². The topological polar surface area (TPSA) is 192 Å². The number of aliphatic hydroxyl groups excluding tert-OH is 2. The molecule has 15 heteroatoms. The summed E-state index contributed by atoms with van der Waals surface area (Å²) in [5.41, 5.74) is 12.5. The van der Waals surface area contributed by atoms with Gasteiger partial charge in [-0.3, -0.25) is 4.79 Å². The average Bonchev–Trinajstić information content (AvgIpc) is 3.26. The highest BCUT2D eigenvalue weighted by molar-refractivity contribution is 5.73. The van der Waals surface area contributed by atoms with Crippen LogP contribution >= 0.6 is 0 Å². The van der Waals surface area contributed by atoms with Gasteiger partial charge in [0.05, 0.1) is 46.2 Å². The van der Waals surface area contributed by atoms with Gasteiger partial charge in [-0.2, -0.15) is 0 Å². The SMILES string of the molecule is CC(=O)N[C@H]1[C@H](OCCN=[N+]=[N-])O[C@H](COCc2ccccc2)[C@@H](O)[C@@H]1O[C@@H]1O[C@H](COCc2ccccc2)[C@H](OCc2ccccc2)[C@H](OCc2ccccc2)[C@H]1O. The second kappa shape index (κ2) is 23.2. The standard InChI is InChI=1S/C44H52N4O11/c1-30(49)47-37-41(38(50)35(57-43(37)54-23-22-46-48-45)28-52-24-31-14-6-2-7-15-31)59-44-39(51)42(56-27-34-20-12-5-13-21-34)40(55-26-33-18-10-4-11-19-33)36(58-44)29-53-25-32-16-8-3-9-17-32/h2-21,35-44,50-51H,22-29H2,1H3,(H,47,49)/t35-,36-,37-,38-,39-,40+,41-,42-,43-,44+/m1/s1. The molecule has 1 amide bonds. The maximum Gasteiger partial charge on any atom is 0.217 e. The van der Waals surface area contributed by atoms with Crippen LogP contribution in [-0.4, -0.2) is 104 Å². The minimum atomic E-state index is -1.46. The Bertz CT molecular complexity index is 1860. The normalized spacial score (nSPS) is 26.8. The molecule has 0 saturated carbocycles. The third kappa shape index (κ3) is 13.1. The number of carbonyl (C=O) groups excluding carboxylic acids is 1. The Kier molecular flexibility index (Phi) is 17.2. The van der Waals surface area contributed by atoms with Gasteiger partial charge in [0.15, 0.2) is 12.6 Å². The first-order valence-electron chi connectivity index (χ1n) is 19.7. The predicted octanol–water partition coefficient (Wildman–Crippen LogP) is 4.98. The minimum Gasteiger partial charge on any atom is -0.388 e. The van der Waals surface area contributed by atoms with Gasteiger partial charge in [0.25, 0.3) is 0 Å². The zero-order valence-electron chi connectivity index (χ0n) is 32.9. The van der Waals surface area contributed by atoms with Crippen LogP contribution in [-0.2, 0) is 69.1 Å². The van der Waals surface area contributed by atoms with Crippen LogP contribution in [0.2, 0.25) is 0 Å². The van der Waals surface area contributed by atoms with Crippen molar-refractivity contribution in [1.82, 2.24) is 5.32 Å². The number of nitrogens with one attached hydrogen (secondary N) is 1. The van der Waals surface area contributed by atoms with Gasteiger partial charge in [0, 0.05) is 18.4 Å². The van der Waals surface area contributed by atoms with Crippen LogP contribution in [0.1, 0.15) is 29.2 Å². The zero-order valence-corrected chi connectivity index (χ0v) is 32.9. The van der Waals surface area contributed by atoms with Crippen LogP contribution < -0.4 is 5.32 Å². The molecule has 15 nitrogen and oxygen atoms in total. The lowest BCUT2D eigenvalue weighted by atomic mass is 9.95. The van der Waals surface area contributed by atoms with Crippen molar-refractivity contribution in [3.8, 4) is 0 Å². The molecule has 0 unspecified atom stereocenters. The highest BCUT2D eigenvalue weighted by atomic mass is 16.7. The second-order valence-corrected chi connectivity index (χ2v) is 14.2. The number of rotatable bonds is 21. The van der Waals surface area contributed by atoms with Gasteiger partial charge in [-0.25, -0.2) is 0 Å². The summed E-state index contributed by atoms with van der Waals surface area (Å²) >= 11 is 0. The fourth-order valence-electron chi connectivity index (χ4n) is 6.96. The van der Waals surface area contributed by atoms with Gasteiger partial charge >= 0.3 is 0 Å². The van der Waals surface area contributed by atoms with Crippen LogP contribution in [0.5, 0.6) is 0 Å². The summed E-state index contributed by atoms with van der Waals surface area (Å²) in [6.07, 6.45) is -10.5. The van der Waals surface area contributed by atoms with Gasteiger partial charge in [-0.05, 0) is 27.8 Å². The molecule has 6 rings (SSSR count). The van der Waals surface area contributed by atoms with E-state index >= 15 is 0 Å². The lowest BCUT2D eigenvalue weighted by molar-refractivity contribution is -0.353. The third-order valence-electron chi connectivity index (χ3n) is 9.84. The molecule has 2 saturated heterocycles. The summed E-state index contributed by atoms with van der Waals surface area (Å²) in [7, 11) is 0. The molecule has 3 N–H and O–H groups in total. The average molecular weight is 813 g/mol. The molecular formula is C44H52N4O11. The van der Waals surface area contributed by atoms with E-state index in [0.29, 0.717) is 0 Å². The lowest BCUT2D eigenvalue weighted by Crippen LogP contribution is -2.68. The molecule has 0 aromatic heterocycles. The summed E-state index contributed by atoms with van der Waals surface area (Å²) in [5.74, 6) is -0.461. The first kappa shape index (κ1) is 43.8. The smallest absolute Gasteiger partial charge is 0.217 e. The Balaban J connectivity index is 1.28. The highest BCUT2D eigenvalue weighted by Crippen LogP contribution is 2.33. The van der Waals surface area contributed by atoms with Crippen LogP contribution in [0.3, 0.4) is 0 Å². The van der Waals surface area contributed by atoms with Gasteiger partial charge in [-0.1, -0.05) is 126 Å². The molecule has 0 spiro atoms. The number of ether oxygens (including phenoxy) is 8. The van der Waals surface area contributed by atoms with Gasteiger partial charge in [-0.15, -0.1) is 0 Å². The van der Waals surface area contributed by atoms with Crippen molar-refractivity contribution < 1.29 is 52.9 Å². The molecular weight excluding hydrogens is 761 g/mol. The van der Waals surface area contributed by atoms with E-state index in [1.807, 2.05) is 121 Å². The number of carbonyl (C=O) groups is 1. The first-order chi connectivity index (χ1) is 28.9. The van der Waals surface area contributed by atoms with E-state index in [-0.39, 0.29) is 52.8 Å². The Morgan fingerprint density at radius 2 is 1.12 bits per heavy atom. The van der Waals surface area contributed by atoms with Crippen molar-refractivity contribution in [1.29, 1.82) is 0 Å². The molecule has 4 aromatic carbocycles. The summed E-state index contributed by atoms with van der Waals surface area (Å²) in [6, 6.07) is 37.2. The number of amides is 1. The lowest BCUT2D eigenvalue weighted by Gasteiger charge is -2.49. The minimum absolute atomic E-state index is 0.0215. The fourth-order valence-corrected chi connectivity index (χ4v) is 6.96. The van der Waals surface area contributed by atoms with Crippen molar-refractivity contribution in [3.05, 3.63) is 154 Å². The molecule has 0 aliphatic carbocycles. The number of hydrogen-bond acceptors (Lipinski definition) is 12.